The lowest BCUT2D eigenvalue weighted by Gasteiger charge is -2.07. The molecule has 0 spiro atoms. The Kier molecular flexibility index (Phi) is 4.69. The van der Waals surface area contributed by atoms with Crippen LogP contribution in [0.4, 0.5) is 0 Å². The molecule has 0 N–H and O–H groups in total. The van der Waals surface area contributed by atoms with E-state index < -0.39 is 0 Å². The van der Waals surface area contributed by atoms with Crippen LogP contribution >= 0.6 is 59.4 Å². The number of halogens is 4. The van der Waals surface area contributed by atoms with Gasteiger partial charge in [0.15, 0.2) is 0 Å². The first-order chi connectivity index (χ1) is 8.34. The van der Waals surface area contributed by atoms with Crippen molar-refractivity contribution in [3.8, 4) is 0 Å². The quantitative estimate of drug-likeness (QED) is 0.483. The molecule has 1 aliphatic carbocycles. The van der Waals surface area contributed by atoms with Gasteiger partial charge < -0.3 is 0 Å². The van der Waals surface area contributed by atoms with E-state index in [4.69, 9.17) is 11.6 Å². The van der Waals surface area contributed by atoms with Crippen molar-refractivity contribution in [2.75, 3.05) is 0 Å². The van der Waals surface area contributed by atoms with Crippen LogP contribution in [0.2, 0.25) is 5.02 Å². The molecule has 1 aromatic rings. The summed E-state index contributed by atoms with van der Waals surface area (Å²) < 4.78 is 2.15. The highest BCUT2D eigenvalue weighted by Gasteiger charge is 2.56. The minimum Gasteiger partial charge on any atom is -0.0840 e. The fourth-order valence-corrected chi connectivity index (χ4v) is 4.05. The lowest BCUT2D eigenvalue weighted by atomic mass is 10.0. The summed E-state index contributed by atoms with van der Waals surface area (Å²) in [5.41, 5.74) is 1.56. The van der Waals surface area contributed by atoms with Gasteiger partial charge >= 0.3 is 0 Å². The van der Waals surface area contributed by atoms with E-state index in [1.165, 1.54) is 5.56 Å². The Bertz CT molecular complexity index is 470. The average molecular weight is 457 g/mol. The Morgan fingerprint density at radius 2 is 2.06 bits per heavy atom. The largest absolute Gasteiger partial charge is 0.0840 e. The van der Waals surface area contributed by atoms with Gasteiger partial charge in [-0.25, -0.2) is 0 Å². The molecule has 0 amide bonds. The fourth-order valence-electron chi connectivity index (χ4n) is 2.59. The van der Waals surface area contributed by atoms with Crippen molar-refractivity contribution >= 4 is 59.4 Å². The summed E-state index contributed by atoms with van der Waals surface area (Å²) in [6, 6.07) is 5.99. The van der Waals surface area contributed by atoms with E-state index in [0.29, 0.717) is 17.3 Å². The molecule has 0 radical (unpaired) electrons. The smallest absolute Gasteiger partial charge is 0.0567 e. The van der Waals surface area contributed by atoms with Crippen LogP contribution in [-0.4, -0.2) is 0 Å². The molecule has 2 atom stereocenters. The van der Waals surface area contributed by atoms with E-state index in [-0.39, 0.29) is 0 Å². The predicted octanol–water partition coefficient (Wildman–Crippen LogP) is 6.55. The molecule has 0 nitrogen and oxygen atoms in total. The van der Waals surface area contributed by atoms with Gasteiger partial charge in [0.1, 0.15) is 0 Å². The van der Waals surface area contributed by atoms with Crippen molar-refractivity contribution in [1.82, 2.24) is 0 Å². The van der Waals surface area contributed by atoms with Gasteiger partial charge in [0.05, 0.1) is 3.39 Å². The van der Waals surface area contributed by atoms with Crippen LogP contribution in [0, 0.1) is 17.3 Å². The van der Waals surface area contributed by atoms with Gasteiger partial charge in [-0.1, -0.05) is 53.5 Å². The molecule has 0 aromatic heterocycles. The minimum absolute atomic E-state index is 0.339. The summed E-state index contributed by atoms with van der Waals surface area (Å²) in [6.07, 6.45) is 3.26. The maximum atomic E-state index is 6.28. The Morgan fingerprint density at radius 3 is 2.61 bits per heavy atom. The fraction of sp³-hybridized carbons (Fsp3) is 0.429. The Balaban J connectivity index is 2.19. The Labute approximate surface area is 139 Å². The van der Waals surface area contributed by atoms with Gasteiger partial charge in [0.2, 0.25) is 0 Å². The van der Waals surface area contributed by atoms with Gasteiger partial charge in [0.25, 0.3) is 0 Å². The summed E-state index contributed by atoms with van der Waals surface area (Å²) in [5, 5.41) is 0.854. The van der Waals surface area contributed by atoms with Crippen molar-refractivity contribution in [3.63, 3.8) is 0 Å². The van der Waals surface area contributed by atoms with Gasteiger partial charge in [-0.05, 0) is 73.2 Å². The third kappa shape index (κ3) is 3.05. The molecule has 0 aliphatic heterocycles. The van der Waals surface area contributed by atoms with E-state index >= 15 is 0 Å². The van der Waals surface area contributed by atoms with Crippen LogP contribution in [-0.2, 0) is 6.42 Å². The Hall–Kier alpha value is 0.690. The maximum Gasteiger partial charge on any atom is 0.0567 e. The number of hydrogen-bond acceptors (Lipinski definition) is 0. The van der Waals surface area contributed by atoms with Crippen LogP contribution in [0.25, 0.3) is 0 Å². The van der Waals surface area contributed by atoms with Crippen LogP contribution < -0.4 is 0 Å². The minimum atomic E-state index is 0.339. The zero-order chi connectivity index (χ0) is 13.5. The molecule has 1 aliphatic rings. The van der Waals surface area contributed by atoms with Crippen molar-refractivity contribution < 1.29 is 0 Å². The van der Waals surface area contributed by atoms with Crippen molar-refractivity contribution in [2.45, 2.75) is 20.3 Å². The van der Waals surface area contributed by atoms with Crippen LogP contribution in [0.5, 0.6) is 0 Å². The molecule has 98 valence electrons. The zero-order valence-corrected chi connectivity index (χ0v) is 15.7. The first-order valence-corrected chi connectivity index (χ1v) is 8.55. The SMILES string of the molecule is CC1(C)[C@H](C=C(Br)Br)[C@@H]1Cc1c(Cl)cccc1Br. The van der Waals surface area contributed by atoms with Gasteiger partial charge in [0, 0.05) is 9.50 Å². The summed E-state index contributed by atoms with van der Waals surface area (Å²) in [4.78, 5) is 0. The second-order valence-electron chi connectivity index (χ2n) is 5.31. The van der Waals surface area contributed by atoms with Gasteiger partial charge in [-0.3, -0.25) is 0 Å². The normalized spacial score (nSPS) is 24.8. The van der Waals surface area contributed by atoms with Gasteiger partial charge in [-0.2, -0.15) is 0 Å². The molecule has 1 aromatic carbocycles. The van der Waals surface area contributed by atoms with Crippen molar-refractivity contribution in [3.05, 3.63) is 42.7 Å². The van der Waals surface area contributed by atoms with E-state index in [1.807, 2.05) is 12.1 Å². The lowest BCUT2D eigenvalue weighted by molar-refractivity contribution is 0.549. The molecule has 4 heteroatoms. The average Bonchev–Trinajstić information content (AvgIpc) is 2.74. The van der Waals surface area contributed by atoms with E-state index in [1.54, 1.807) is 0 Å². The molecule has 18 heavy (non-hydrogen) atoms. The highest BCUT2D eigenvalue weighted by atomic mass is 79.9. The van der Waals surface area contributed by atoms with Gasteiger partial charge in [-0.15, -0.1) is 0 Å². The third-order valence-corrected chi connectivity index (χ3v) is 5.56. The maximum absolute atomic E-state index is 6.28. The summed E-state index contributed by atoms with van der Waals surface area (Å²) >= 11 is 16.8. The van der Waals surface area contributed by atoms with Crippen molar-refractivity contribution in [1.29, 1.82) is 0 Å². The van der Waals surface area contributed by atoms with Crippen LogP contribution in [0.3, 0.4) is 0 Å². The Morgan fingerprint density at radius 1 is 1.39 bits per heavy atom. The highest BCUT2D eigenvalue weighted by molar-refractivity contribution is 9.28. The highest BCUT2D eigenvalue weighted by Crippen LogP contribution is 2.61. The number of benzene rings is 1. The van der Waals surface area contributed by atoms with Crippen LogP contribution in [0.15, 0.2) is 32.1 Å². The first kappa shape index (κ1) is 15.1. The lowest BCUT2D eigenvalue weighted by Crippen LogP contribution is -1.96. The van der Waals surface area contributed by atoms with Crippen LogP contribution in [0.1, 0.15) is 19.4 Å². The summed E-state index contributed by atoms with van der Waals surface area (Å²) in [7, 11) is 0. The first-order valence-electron chi connectivity index (χ1n) is 5.79. The summed E-state index contributed by atoms with van der Waals surface area (Å²) in [6.45, 7) is 4.62. The molecular weight excluding hydrogens is 443 g/mol. The molecule has 0 heterocycles. The molecule has 0 unspecified atom stereocenters. The molecule has 2 rings (SSSR count). The van der Waals surface area contributed by atoms with E-state index in [0.717, 1.165) is 19.3 Å². The number of allylic oxidation sites excluding steroid dienone is 1. The molecule has 0 bridgehead atoms. The van der Waals surface area contributed by atoms with Crippen molar-refractivity contribution in [2.24, 2.45) is 17.3 Å². The van der Waals surface area contributed by atoms with E-state index in [9.17, 15) is 0 Å². The topological polar surface area (TPSA) is 0 Å². The predicted molar refractivity (Wildman–Crippen MR) is 89.6 cm³/mol. The van der Waals surface area contributed by atoms with E-state index in [2.05, 4.69) is 73.8 Å². The second-order valence-corrected chi connectivity index (χ2v) is 9.35. The number of hydrogen-bond donors (Lipinski definition) is 0. The third-order valence-electron chi connectivity index (χ3n) is 3.93. The molecule has 1 saturated carbocycles. The molecule has 1 fully saturated rings. The second kappa shape index (κ2) is 5.59. The standard InChI is InChI=1S/C14H14Br3Cl/c1-14(2)9(10(14)7-13(16)17)6-8-11(15)4-3-5-12(8)18/h3-5,7,9-10H,6H2,1-2H3/t9-,10+/m0/s1. The zero-order valence-electron chi connectivity index (χ0n) is 10.2. The summed E-state index contributed by atoms with van der Waals surface area (Å²) in [5.74, 6) is 1.23. The number of rotatable bonds is 3. The molecule has 0 saturated heterocycles. The monoisotopic (exact) mass is 454 g/mol. The molecular formula is C14H14Br3Cl.